The number of alkyl halides is 3. The first-order valence-electron chi connectivity index (χ1n) is 7.48. The highest BCUT2D eigenvalue weighted by atomic mass is 19.4. The maximum atomic E-state index is 12.9. The fourth-order valence-corrected chi connectivity index (χ4v) is 3.10. The Bertz CT molecular complexity index is 669. The number of nitrogens with one attached hydrogen (secondary N) is 1. The van der Waals surface area contributed by atoms with Gasteiger partial charge in [-0.15, -0.1) is 0 Å². The van der Waals surface area contributed by atoms with Crippen LogP contribution in [0.3, 0.4) is 0 Å². The number of aryl methyl sites for hydroxylation is 1. The molecule has 1 N–H and O–H groups in total. The Balaban J connectivity index is 1.82. The van der Waals surface area contributed by atoms with E-state index in [2.05, 4.69) is 15.3 Å². The quantitative estimate of drug-likeness (QED) is 0.889. The number of halogens is 3. The Kier molecular flexibility index (Phi) is 3.93. The molecule has 1 aliphatic rings. The Hall–Kier alpha value is -1.85. The van der Waals surface area contributed by atoms with Gasteiger partial charge in [0.1, 0.15) is 12.1 Å². The highest BCUT2D eigenvalue weighted by Crippen LogP contribution is 2.38. The molecular formula is C16H18F3N3. The fraction of sp³-hybridized carbons (Fsp3) is 0.500. The molecule has 1 fully saturated rings. The van der Waals surface area contributed by atoms with Gasteiger partial charge < -0.3 is 5.32 Å². The highest BCUT2D eigenvalue weighted by molar-refractivity contribution is 5.89. The lowest BCUT2D eigenvalue weighted by Gasteiger charge is -2.31. The molecule has 2 aromatic rings. The number of hydrogen-bond donors (Lipinski definition) is 1. The van der Waals surface area contributed by atoms with Crippen LogP contribution in [-0.2, 0) is 0 Å². The first kappa shape index (κ1) is 15.1. The second-order valence-electron chi connectivity index (χ2n) is 5.99. The fourth-order valence-electron chi connectivity index (χ4n) is 3.10. The maximum Gasteiger partial charge on any atom is 0.391 e. The first-order chi connectivity index (χ1) is 10.4. The van der Waals surface area contributed by atoms with Crippen LogP contribution in [0.4, 0.5) is 19.0 Å². The third kappa shape index (κ3) is 3.15. The van der Waals surface area contributed by atoms with Crippen LogP contribution < -0.4 is 5.32 Å². The summed E-state index contributed by atoms with van der Waals surface area (Å²) in [5.74, 6) is -0.588. The van der Waals surface area contributed by atoms with Crippen molar-refractivity contribution < 1.29 is 13.2 Å². The minimum Gasteiger partial charge on any atom is -0.367 e. The van der Waals surface area contributed by atoms with Crippen LogP contribution in [-0.4, -0.2) is 22.2 Å². The lowest BCUT2D eigenvalue weighted by atomic mass is 9.85. The summed E-state index contributed by atoms with van der Waals surface area (Å²) >= 11 is 0. The molecule has 3 nitrogen and oxygen atoms in total. The minimum atomic E-state index is -4.11. The second-order valence-corrected chi connectivity index (χ2v) is 5.99. The summed E-state index contributed by atoms with van der Waals surface area (Å²) in [6, 6.07) is 5.62. The third-order valence-corrected chi connectivity index (χ3v) is 4.27. The molecule has 22 heavy (non-hydrogen) atoms. The van der Waals surface area contributed by atoms with E-state index in [-0.39, 0.29) is 18.9 Å². The molecule has 1 heterocycles. The van der Waals surface area contributed by atoms with Crippen molar-refractivity contribution in [1.82, 2.24) is 9.97 Å². The molecule has 2 atom stereocenters. The molecule has 2 unspecified atom stereocenters. The maximum absolute atomic E-state index is 12.9. The summed E-state index contributed by atoms with van der Waals surface area (Å²) in [7, 11) is 0. The lowest BCUT2D eigenvalue weighted by molar-refractivity contribution is -0.182. The zero-order valence-corrected chi connectivity index (χ0v) is 12.3. The van der Waals surface area contributed by atoms with E-state index in [0.29, 0.717) is 12.2 Å². The van der Waals surface area contributed by atoms with Gasteiger partial charge in [0.05, 0.1) is 11.4 Å². The molecular weight excluding hydrogens is 291 g/mol. The molecule has 1 aliphatic carbocycles. The zero-order chi connectivity index (χ0) is 15.7. The van der Waals surface area contributed by atoms with E-state index in [9.17, 15) is 13.2 Å². The molecule has 118 valence electrons. The van der Waals surface area contributed by atoms with Crippen LogP contribution >= 0.6 is 0 Å². The first-order valence-corrected chi connectivity index (χ1v) is 7.48. The van der Waals surface area contributed by atoms with Crippen molar-refractivity contribution in [3.8, 4) is 0 Å². The molecule has 0 radical (unpaired) electrons. The second kappa shape index (κ2) is 5.74. The summed E-state index contributed by atoms with van der Waals surface area (Å²) in [5, 5.41) is 4.06. The van der Waals surface area contributed by atoms with Gasteiger partial charge in [-0.25, -0.2) is 9.97 Å². The molecule has 0 bridgehead atoms. The standard InChI is InChI=1S/C16H18F3N3/c1-10-5-6-14-13(7-10)15(21-9-20-14)22-12-4-2-3-11(8-12)16(17,18)19/h5-7,9,11-12H,2-4,8H2,1H3,(H,20,21,22). The molecule has 3 rings (SSSR count). The van der Waals surface area contributed by atoms with Crippen LogP contribution in [0.1, 0.15) is 31.2 Å². The lowest BCUT2D eigenvalue weighted by Crippen LogP contribution is -2.34. The van der Waals surface area contributed by atoms with Crippen molar-refractivity contribution in [2.45, 2.75) is 44.8 Å². The van der Waals surface area contributed by atoms with Crippen molar-refractivity contribution >= 4 is 16.7 Å². The normalized spacial score (nSPS) is 22.7. The molecule has 1 aromatic carbocycles. The largest absolute Gasteiger partial charge is 0.391 e. The Morgan fingerprint density at radius 1 is 1.18 bits per heavy atom. The summed E-state index contributed by atoms with van der Waals surface area (Å²) < 4.78 is 38.7. The van der Waals surface area contributed by atoms with Gasteiger partial charge in [0, 0.05) is 11.4 Å². The number of benzene rings is 1. The predicted molar refractivity (Wildman–Crippen MR) is 79.7 cm³/mol. The molecule has 0 spiro atoms. The van der Waals surface area contributed by atoms with E-state index in [4.69, 9.17) is 0 Å². The summed E-state index contributed by atoms with van der Waals surface area (Å²) in [6.07, 6.45) is -0.991. The monoisotopic (exact) mass is 309 g/mol. The SMILES string of the molecule is Cc1ccc2ncnc(NC3CCCC(C(F)(F)F)C3)c2c1. The number of anilines is 1. The van der Waals surface area contributed by atoms with E-state index in [1.54, 1.807) is 0 Å². The molecule has 0 amide bonds. The minimum absolute atomic E-state index is 0.112. The van der Waals surface area contributed by atoms with E-state index in [1.807, 2.05) is 25.1 Å². The summed E-state index contributed by atoms with van der Waals surface area (Å²) in [5.41, 5.74) is 1.87. The van der Waals surface area contributed by atoms with Crippen molar-refractivity contribution in [2.75, 3.05) is 5.32 Å². The molecule has 0 saturated heterocycles. The van der Waals surface area contributed by atoms with Crippen LogP contribution in [0.25, 0.3) is 10.9 Å². The van der Waals surface area contributed by atoms with Crippen molar-refractivity contribution in [1.29, 1.82) is 0 Å². The molecule has 0 aliphatic heterocycles. The topological polar surface area (TPSA) is 37.8 Å². The Labute approximate surface area is 127 Å². The summed E-state index contributed by atoms with van der Waals surface area (Å²) in [4.78, 5) is 8.43. The number of aromatic nitrogens is 2. The van der Waals surface area contributed by atoms with E-state index in [1.165, 1.54) is 6.33 Å². The van der Waals surface area contributed by atoms with Gasteiger partial charge in [0.15, 0.2) is 0 Å². The zero-order valence-electron chi connectivity index (χ0n) is 12.3. The molecule has 6 heteroatoms. The average Bonchev–Trinajstić information content (AvgIpc) is 2.47. The van der Waals surface area contributed by atoms with E-state index in [0.717, 1.165) is 22.9 Å². The van der Waals surface area contributed by atoms with Crippen molar-refractivity contribution in [2.24, 2.45) is 5.92 Å². The third-order valence-electron chi connectivity index (χ3n) is 4.27. The summed E-state index contributed by atoms with van der Waals surface area (Å²) in [6.45, 7) is 1.97. The predicted octanol–water partition coefficient (Wildman–Crippen LogP) is 4.47. The number of nitrogens with zero attached hydrogens (tertiary/aromatic N) is 2. The Morgan fingerprint density at radius 2 is 2.00 bits per heavy atom. The number of rotatable bonds is 2. The van der Waals surface area contributed by atoms with Crippen LogP contribution in [0.2, 0.25) is 0 Å². The van der Waals surface area contributed by atoms with Crippen molar-refractivity contribution in [3.63, 3.8) is 0 Å². The van der Waals surface area contributed by atoms with Gasteiger partial charge >= 0.3 is 6.18 Å². The van der Waals surface area contributed by atoms with Crippen LogP contribution in [0, 0.1) is 12.8 Å². The van der Waals surface area contributed by atoms with Crippen LogP contribution in [0.5, 0.6) is 0 Å². The highest BCUT2D eigenvalue weighted by Gasteiger charge is 2.42. The van der Waals surface area contributed by atoms with Gasteiger partial charge in [-0.3, -0.25) is 0 Å². The van der Waals surface area contributed by atoms with Gasteiger partial charge in [0.25, 0.3) is 0 Å². The average molecular weight is 309 g/mol. The van der Waals surface area contributed by atoms with Gasteiger partial charge in [-0.05, 0) is 38.3 Å². The molecule has 1 aromatic heterocycles. The number of hydrogen-bond acceptors (Lipinski definition) is 3. The van der Waals surface area contributed by atoms with E-state index >= 15 is 0 Å². The Morgan fingerprint density at radius 3 is 2.77 bits per heavy atom. The van der Waals surface area contributed by atoms with Gasteiger partial charge in [0.2, 0.25) is 0 Å². The molecule has 1 saturated carbocycles. The van der Waals surface area contributed by atoms with E-state index < -0.39 is 12.1 Å². The van der Waals surface area contributed by atoms with Gasteiger partial charge in [-0.1, -0.05) is 18.1 Å². The van der Waals surface area contributed by atoms with Gasteiger partial charge in [-0.2, -0.15) is 13.2 Å². The van der Waals surface area contributed by atoms with Crippen LogP contribution in [0.15, 0.2) is 24.5 Å². The number of fused-ring (bicyclic) bond motifs is 1. The smallest absolute Gasteiger partial charge is 0.367 e. The van der Waals surface area contributed by atoms with Crippen molar-refractivity contribution in [3.05, 3.63) is 30.1 Å².